The molecule has 0 amide bonds. The Bertz CT molecular complexity index is 544. The summed E-state index contributed by atoms with van der Waals surface area (Å²) in [5, 5.41) is 4.66. The molecule has 2 rings (SSSR count). The first-order valence-electron chi connectivity index (χ1n) is 6.25. The molecule has 1 N–H and O–H groups in total. The van der Waals surface area contributed by atoms with E-state index in [1.165, 1.54) is 22.1 Å². The average Bonchev–Trinajstić information content (AvgIpc) is 2.32. The Hall–Kier alpha value is -1.57. The molecule has 17 heavy (non-hydrogen) atoms. The van der Waals surface area contributed by atoms with Crippen LogP contribution in [0.1, 0.15) is 30.0 Å². The highest BCUT2D eigenvalue weighted by molar-refractivity contribution is 5.87. The Balaban J connectivity index is 2.59. The van der Waals surface area contributed by atoms with Gasteiger partial charge in [0.1, 0.15) is 5.82 Å². The normalized spacial score (nSPS) is 10.8. The largest absolute Gasteiger partial charge is 0.370 e. The number of hydrogen-bond donors (Lipinski definition) is 1. The molecule has 1 heterocycles. The van der Waals surface area contributed by atoms with Crippen molar-refractivity contribution in [2.75, 3.05) is 11.9 Å². The predicted octanol–water partition coefficient (Wildman–Crippen LogP) is 3.98. The first-order valence-corrected chi connectivity index (χ1v) is 6.25. The van der Waals surface area contributed by atoms with Gasteiger partial charge in [-0.25, -0.2) is 4.98 Å². The van der Waals surface area contributed by atoms with Gasteiger partial charge in [0.05, 0.1) is 5.52 Å². The molecule has 0 aliphatic carbocycles. The van der Waals surface area contributed by atoms with Crippen molar-refractivity contribution in [3.63, 3.8) is 0 Å². The molecule has 1 aromatic carbocycles. The third-order valence-corrected chi connectivity index (χ3v) is 3.14. The number of aromatic nitrogens is 1. The number of fused-ring (bicyclic) bond motifs is 1. The summed E-state index contributed by atoms with van der Waals surface area (Å²) in [6.07, 6.45) is 1.12. The Morgan fingerprint density at radius 3 is 2.47 bits per heavy atom. The maximum atomic E-state index is 4.76. The van der Waals surface area contributed by atoms with Crippen LogP contribution in [0.25, 0.3) is 10.9 Å². The Morgan fingerprint density at radius 1 is 1.06 bits per heavy atom. The lowest BCUT2D eigenvalue weighted by molar-refractivity contribution is 0.968. The van der Waals surface area contributed by atoms with E-state index in [1.54, 1.807) is 0 Å². The molecule has 0 spiro atoms. The molecule has 1 aromatic heterocycles. The number of rotatable bonds is 3. The minimum absolute atomic E-state index is 0.976. The van der Waals surface area contributed by atoms with E-state index in [0.29, 0.717) is 0 Å². The minimum atomic E-state index is 0.976. The van der Waals surface area contributed by atoms with E-state index in [0.717, 1.165) is 24.3 Å². The van der Waals surface area contributed by atoms with E-state index >= 15 is 0 Å². The van der Waals surface area contributed by atoms with Crippen LogP contribution in [0.3, 0.4) is 0 Å². The van der Waals surface area contributed by atoms with Gasteiger partial charge < -0.3 is 5.32 Å². The third kappa shape index (κ3) is 2.26. The zero-order valence-electron chi connectivity index (χ0n) is 11.1. The monoisotopic (exact) mass is 228 g/mol. The SMILES string of the molecule is CCCNc1nc2c(C)ccc(C)c2cc1C. The van der Waals surface area contributed by atoms with Crippen molar-refractivity contribution in [2.45, 2.75) is 34.1 Å². The van der Waals surface area contributed by atoms with Crippen molar-refractivity contribution in [1.82, 2.24) is 4.98 Å². The van der Waals surface area contributed by atoms with Crippen LogP contribution in [0, 0.1) is 20.8 Å². The Kier molecular flexibility index (Phi) is 3.32. The molecule has 0 atom stereocenters. The summed E-state index contributed by atoms with van der Waals surface area (Å²) in [4.78, 5) is 4.76. The van der Waals surface area contributed by atoms with Gasteiger partial charge in [-0.3, -0.25) is 0 Å². The zero-order chi connectivity index (χ0) is 12.4. The van der Waals surface area contributed by atoms with Gasteiger partial charge in [0.2, 0.25) is 0 Å². The van der Waals surface area contributed by atoms with Crippen LogP contribution in [0.2, 0.25) is 0 Å². The van der Waals surface area contributed by atoms with Gasteiger partial charge in [0.15, 0.2) is 0 Å². The summed E-state index contributed by atoms with van der Waals surface area (Å²) in [6, 6.07) is 6.55. The molecule has 0 bridgehead atoms. The zero-order valence-corrected chi connectivity index (χ0v) is 11.1. The van der Waals surface area contributed by atoms with Crippen molar-refractivity contribution in [2.24, 2.45) is 0 Å². The lowest BCUT2D eigenvalue weighted by Crippen LogP contribution is -2.04. The first kappa shape index (κ1) is 11.9. The van der Waals surface area contributed by atoms with E-state index in [-0.39, 0.29) is 0 Å². The van der Waals surface area contributed by atoms with Gasteiger partial charge in [-0.15, -0.1) is 0 Å². The molecule has 0 aliphatic rings. The number of nitrogens with one attached hydrogen (secondary N) is 1. The summed E-state index contributed by atoms with van der Waals surface area (Å²) in [5.41, 5.74) is 4.88. The molecule has 0 aliphatic heterocycles. The second-order valence-electron chi connectivity index (χ2n) is 4.68. The van der Waals surface area contributed by atoms with E-state index < -0.39 is 0 Å². The molecular formula is C15H20N2. The van der Waals surface area contributed by atoms with Crippen LogP contribution >= 0.6 is 0 Å². The molecule has 2 nitrogen and oxygen atoms in total. The highest BCUT2D eigenvalue weighted by atomic mass is 15.0. The van der Waals surface area contributed by atoms with Gasteiger partial charge in [-0.1, -0.05) is 19.1 Å². The third-order valence-electron chi connectivity index (χ3n) is 3.14. The van der Waals surface area contributed by atoms with Crippen LogP contribution < -0.4 is 5.32 Å². The molecule has 0 fully saturated rings. The van der Waals surface area contributed by atoms with Crippen LogP contribution in [-0.4, -0.2) is 11.5 Å². The Morgan fingerprint density at radius 2 is 1.76 bits per heavy atom. The number of aryl methyl sites for hydroxylation is 3. The Labute approximate surface area is 103 Å². The van der Waals surface area contributed by atoms with Crippen LogP contribution in [-0.2, 0) is 0 Å². The summed E-state index contributed by atoms with van der Waals surface area (Å²) < 4.78 is 0. The van der Waals surface area contributed by atoms with E-state index in [2.05, 4.69) is 51.2 Å². The lowest BCUT2D eigenvalue weighted by Gasteiger charge is -2.12. The van der Waals surface area contributed by atoms with E-state index in [1.807, 2.05) is 0 Å². The van der Waals surface area contributed by atoms with Gasteiger partial charge in [-0.2, -0.15) is 0 Å². The molecule has 0 saturated carbocycles. The van der Waals surface area contributed by atoms with Crippen LogP contribution in [0.15, 0.2) is 18.2 Å². The fourth-order valence-electron chi connectivity index (χ4n) is 2.06. The number of benzene rings is 1. The fraction of sp³-hybridized carbons (Fsp3) is 0.400. The smallest absolute Gasteiger partial charge is 0.129 e. The molecule has 0 radical (unpaired) electrons. The van der Waals surface area contributed by atoms with Crippen molar-refractivity contribution < 1.29 is 0 Å². The summed E-state index contributed by atoms with van der Waals surface area (Å²) in [6.45, 7) is 9.52. The highest BCUT2D eigenvalue weighted by Crippen LogP contribution is 2.25. The number of hydrogen-bond acceptors (Lipinski definition) is 2. The molecule has 0 unspecified atom stereocenters. The molecular weight excluding hydrogens is 208 g/mol. The van der Waals surface area contributed by atoms with Gasteiger partial charge >= 0.3 is 0 Å². The van der Waals surface area contributed by atoms with Gasteiger partial charge in [0.25, 0.3) is 0 Å². The topological polar surface area (TPSA) is 24.9 Å². The molecule has 90 valence electrons. The number of pyridine rings is 1. The van der Waals surface area contributed by atoms with Crippen molar-refractivity contribution in [3.05, 3.63) is 34.9 Å². The van der Waals surface area contributed by atoms with Crippen molar-refractivity contribution in [1.29, 1.82) is 0 Å². The van der Waals surface area contributed by atoms with Crippen LogP contribution in [0.4, 0.5) is 5.82 Å². The highest BCUT2D eigenvalue weighted by Gasteiger charge is 2.06. The average molecular weight is 228 g/mol. The molecule has 2 aromatic rings. The predicted molar refractivity (Wildman–Crippen MR) is 74.7 cm³/mol. The van der Waals surface area contributed by atoms with E-state index in [9.17, 15) is 0 Å². The maximum Gasteiger partial charge on any atom is 0.129 e. The molecule has 0 saturated heterocycles. The molecule has 2 heteroatoms. The van der Waals surface area contributed by atoms with Crippen molar-refractivity contribution >= 4 is 16.7 Å². The van der Waals surface area contributed by atoms with Gasteiger partial charge in [0, 0.05) is 11.9 Å². The number of anilines is 1. The summed E-state index contributed by atoms with van der Waals surface area (Å²) in [5.74, 6) is 1.02. The van der Waals surface area contributed by atoms with Crippen LogP contribution in [0.5, 0.6) is 0 Å². The fourth-order valence-corrected chi connectivity index (χ4v) is 2.06. The van der Waals surface area contributed by atoms with Gasteiger partial charge in [-0.05, 0) is 49.9 Å². The van der Waals surface area contributed by atoms with E-state index in [4.69, 9.17) is 4.98 Å². The maximum absolute atomic E-state index is 4.76. The summed E-state index contributed by atoms with van der Waals surface area (Å²) >= 11 is 0. The first-order chi connectivity index (χ1) is 8.13. The second-order valence-corrected chi connectivity index (χ2v) is 4.68. The summed E-state index contributed by atoms with van der Waals surface area (Å²) in [7, 11) is 0. The van der Waals surface area contributed by atoms with Crippen molar-refractivity contribution in [3.8, 4) is 0 Å². The lowest BCUT2D eigenvalue weighted by atomic mass is 10.0. The quantitative estimate of drug-likeness (QED) is 0.859. The standard InChI is InChI=1S/C15H20N2/c1-5-8-16-15-12(4)9-13-10(2)6-7-11(3)14(13)17-15/h6-7,9H,5,8H2,1-4H3,(H,16,17). The number of nitrogens with zero attached hydrogens (tertiary/aromatic N) is 1. The minimum Gasteiger partial charge on any atom is -0.370 e. The second kappa shape index (κ2) is 4.74.